The van der Waals surface area contributed by atoms with Gasteiger partial charge in [-0.05, 0) is 31.7 Å². The van der Waals surface area contributed by atoms with Crippen LogP contribution in [0.2, 0.25) is 0 Å². The SMILES string of the molecule is CCCNCc1sc(N(C)CC2CCC2)nc1C(C)(C)C. The molecule has 1 saturated carbocycles. The largest absolute Gasteiger partial charge is 0.351 e. The van der Waals surface area contributed by atoms with Gasteiger partial charge in [0.25, 0.3) is 0 Å². The first kappa shape index (κ1) is 16.8. The molecule has 0 bridgehead atoms. The van der Waals surface area contributed by atoms with Gasteiger partial charge in [-0.2, -0.15) is 0 Å². The third-order valence-electron chi connectivity index (χ3n) is 4.19. The molecule has 0 unspecified atom stereocenters. The van der Waals surface area contributed by atoms with Crippen molar-refractivity contribution >= 4 is 16.5 Å². The quantitative estimate of drug-likeness (QED) is 0.766. The van der Waals surface area contributed by atoms with E-state index in [0.29, 0.717) is 0 Å². The standard InChI is InChI=1S/C17H31N3S/c1-6-10-18-11-14-15(17(2,3)4)19-16(21-14)20(5)12-13-8-7-9-13/h13,18H,6-12H2,1-5H3. The van der Waals surface area contributed by atoms with Crippen molar-refractivity contribution in [2.45, 2.75) is 65.3 Å². The maximum absolute atomic E-state index is 4.98. The lowest BCUT2D eigenvalue weighted by atomic mass is 9.85. The number of anilines is 1. The van der Waals surface area contributed by atoms with Crippen molar-refractivity contribution in [2.24, 2.45) is 5.92 Å². The van der Waals surface area contributed by atoms with Gasteiger partial charge >= 0.3 is 0 Å². The van der Waals surface area contributed by atoms with Crippen LogP contribution < -0.4 is 10.2 Å². The molecular weight excluding hydrogens is 278 g/mol. The van der Waals surface area contributed by atoms with E-state index in [1.165, 1.54) is 47.9 Å². The summed E-state index contributed by atoms with van der Waals surface area (Å²) in [5, 5.41) is 4.73. The van der Waals surface area contributed by atoms with Crippen LogP contribution in [0.15, 0.2) is 0 Å². The Labute approximate surface area is 134 Å². The zero-order valence-corrected chi connectivity index (χ0v) is 15.1. The smallest absolute Gasteiger partial charge is 0.185 e. The van der Waals surface area contributed by atoms with Crippen molar-refractivity contribution in [1.29, 1.82) is 0 Å². The van der Waals surface area contributed by atoms with E-state index in [1.54, 1.807) is 0 Å². The molecule has 1 heterocycles. The van der Waals surface area contributed by atoms with E-state index in [4.69, 9.17) is 4.98 Å². The maximum atomic E-state index is 4.98. The van der Waals surface area contributed by atoms with E-state index in [0.717, 1.165) is 19.0 Å². The van der Waals surface area contributed by atoms with Gasteiger partial charge in [-0.15, -0.1) is 11.3 Å². The number of aromatic nitrogens is 1. The highest BCUT2D eigenvalue weighted by molar-refractivity contribution is 7.15. The van der Waals surface area contributed by atoms with Crippen molar-refractivity contribution in [3.63, 3.8) is 0 Å². The zero-order valence-electron chi connectivity index (χ0n) is 14.3. The first-order valence-corrected chi connectivity index (χ1v) is 9.15. The summed E-state index contributed by atoms with van der Waals surface area (Å²) in [5.41, 5.74) is 1.39. The molecule has 1 N–H and O–H groups in total. The van der Waals surface area contributed by atoms with Crippen LogP contribution in [0, 0.1) is 5.92 Å². The summed E-state index contributed by atoms with van der Waals surface area (Å²) < 4.78 is 0. The van der Waals surface area contributed by atoms with E-state index < -0.39 is 0 Å². The monoisotopic (exact) mass is 309 g/mol. The van der Waals surface area contributed by atoms with Gasteiger partial charge in [0.15, 0.2) is 5.13 Å². The summed E-state index contributed by atoms with van der Waals surface area (Å²) in [6.07, 6.45) is 5.38. The Morgan fingerprint density at radius 2 is 2.05 bits per heavy atom. The molecule has 2 rings (SSSR count). The van der Waals surface area contributed by atoms with E-state index in [1.807, 2.05) is 11.3 Å². The summed E-state index contributed by atoms with van der Waals surface area (Å²) in [6.45, 7) is 12.2. The van der Waals surface area contributed by atoms with Gasteiger partial charge in [-0.3, -0.25) is 0 Å². The molecule has 3 nitrogen and oxygen atoms in total. The minimum atomic E-state index is 0.120. The molecule has 4 heteroatoms. The second-order valence-corrected chi connectivity index (χ2v) is 8.43. The Bertz CT molecular complexity index is 443. The molecular formula is C17H31N3S. The third-order valence-corrected chi connectivity index (χ3v) is 5.36. The van der Waals surface area contributed by atoms with Crippen molar-refractivity contribution in [3.8, 4) is 0 Å². The molecule has 0 radical (unpaired) electrons. The molecule has 1 aliphatic rings. The van der Waals surface area contributed by atoms with Crippen LogP contribution in [0.3, 0.4) is 0 Å². The first-order valence-electron chi connectivity index (χ1n) is 8.34. The number of nitrogens with one attached hydrogen (secondary N) is 1. The van der Waals surface area contributed by atoms with Gasteiger partial charge in [-0.1, -0.05) is 34.1 Å². The summed E-state index contributed by atoms with van der Waals surface area (Å²) in [5.74, 6) is 0.888. The second kappa shape index (κ2) is 7.10. The van der Waals surface area contributed by atoms with Gasteiger partial charge in [0.05, 0.1) is 5.69 Å². The van der Waals surface area contributed by atoms with Crippen LogP contribution in [0.1, 0.15) is 63.9 Å². The molecule has 1 aliphatic carbocycles. The van der Waals surface area contributed by atoms with Gasteiger partial charge in [-0.25, -0.2) is 4.98 Å². The van der Waals surface area contributed by atoms with Crippen molar-refractivity contribution in [1.82, 2.24) is 10.3 Å². The molecule has 1 fully saturated rings. The molecule has 1 aromatic heterocycles. The molecule has 0 aliphatic heterocycles. The Morgan fingerprint density at radius 3 is 2.57 bits per heavy atom. The maximum Gasteiger partial charge on any atom is 0.185 e. The highest BCUT2D eigenvalue weighted by atomic mass is 32.1. The Balaban J connectivity index is 2.10. The average molecular weight is 310 g/mol. The van der Waals surface area contributed by atoms with Crippen LogP contribution in [-0.2, 0) is 12.0 Å². The third kappa shape index (κ3) is 4.43. The molecule has 0 aromatic carbocycles. The summed E-state index contributed by atoms with van der Waals surface area (Å²) in [4.78, 5) is 8.75. The minimum absolute atomic E-state index is 0.120. The van der Waals surface area contributed by atoms with Gasteiger partial charge in [0, 0.05) is 30.4 Å². The molecule has 21 heavy (non-hydrogen) atoms. The Hall–Kier alpha value is -0.610. The highest BCUT2D eigenvalue weighted by Gasteiger charge is 2.26. The fourth-order valence-corrected chi connectivity index (χ4v) is 3.94. The van der Waals surface area contributed by atoms with Gasteiger partial charge in [0.1, 0.15) is 0 Å². The fraction of sp³-hybridized carbons (Fsp3) is 0.824. The second-order valence-electron chi connectivity index (χ2n) is 7.37. The predicted octanol–water partition coefficient (Wildman–Crippen LogP) is 4.18. The number of thiazole rings is 1. The average Bonchev–Trinajstić information content (AvgIpc) is 2.78. The normalized spacial score (nSPS) is 16.0. The van der Waals surface area contributed by atoms with Gasteiger partial charge < -0.3 is 10.2 Å². The first-order chi connectivity index (χ1) is 9.91. The van der Waals surface area contributed by atoms with Crippen LogP contribution in [-0.4, -0.2) is 25.1 Å². The number of nitrogens with zero attached hydrogens (tertiary/aromatic N) is 2. The molecule has 0 saturated heterocycles. The summed E-state index contributed by atoms with van der Waals surface area (Å²) in [6, 6.07) is 0. The van der Waals surface area contributed by atoms with Crippen LogP contribution in [0.4, 0.5) is 5.13 Å². The molecule has 120 valence electrons. The molecule has 1 aromatic rings. The lowest BCUT2D eigenvalue weighted by molar-refractivity contribution is 0.321. The molecule has 0 amide bonds. The van der Waals surface area contributed by atoms with Crippen LogP contribution in [0.5, 0.6) is 0 Å². The Kier molecular flexibility index (Phi) is 5.67. The predicted molar refractivity (Wildman–Crippen MR) is 93.4 cm³/mol. The number of rotatable bonds is 7. The van der Waals surface area contributed by atoms with Gasteiger partial charge in [0.2, 0.25) is 0 Å². The summed E-state index contributed by atoms with van der Waals surface area (Å²) in [7, 11) is 2.20. The van der Waals surface area contributed by atoms with Crippen LogP contribution >= 0.6 is 11.3 Å². The van der Waals surface area contributed by atoms with Crippen LogP contribution in [0.25, 0.3) is 0 Å². The van der Waals surface area contributed by atoms with Crippen molar-refractivity contribution in [2.75, 3.05) is 25.0 Å². The fourth-order valence-electron chi connectivity index (χ4n) is 2.73. The minimum Gasteiger partial charge on any atom is -0.351 e. The number of hydrogen-bond acceptors (Lipinski definition) is 4. The zero-order chi connectivity index (χ0) is 15.5. The summed E-state index contributed by atoms with van der Waals surface area (Å²) >= 11 is 1.87. The van der Waals surface area contributed by atoms with E-state index >= 15 is 0 Å². The van der Waals surface area contributed by atoms with E-state index in [2.05, 4.69) is 45.0 Å². The topological polar surface area (TPSA) is 28.2 Å². The van der Waals surface area contributed by atoms with E-state index in [9.17, 15) is 0 Å². The Morgan fingerprint density at radius 1 is 1.33 bits per heavy atom. The highest BCUT2D eigenvalue weighted by Crippen LogP contribution is 2.35. The molecule has 0 spiro atoms. The molecule has 0 atom stereocenters. The number of hydrogen-bond donors (Lipinski definition) is 1. The van der Waals surface area contributed by atoms with Crippen molar-refractivity contribution < 1.29 is 0 Å². The lowest BCUT2D eigenvalue weighted by Crippen LogP contribution is -2.29. The van der Waals surface area contributed by atoms with Crippen molar-refractivity contribution in [3.05, 3.63) is 10.6 Å². The van der Waals surface area contributed by atoms with E-state index in [-0.39, 0.29) is 5.41 Å². The lowest BCUT2D eigenvalue weighted by Gasteiger charge is -2.29.